The van der Waals surface area contributed by atoms with E-state index in [1.165, 1.54) is 29.2 Å². The van der Waals surface area contributed by atoms with E-state index in [1.54, 1.807) is 0 Å². The average Bonchev–Trinajstić information content (AvgIpc) is 3.30. The van der Waals surface area contributed by atoms with Gasteiger partial charge in [-0.05, 0) is 57.4 Å². The Labute approximate surface area is 236 Å². The van der Waals surface area contributed by atoms with E-state index in [0.29, 0.717) is 13.0 Å². The molecule has 0 unspecified atom stereocenters. The highest BCUT2D eigenvalue weighted by molar-refractivity contribution is 7.89. The van der Waals surface area contributed by atoms with Gasteiger partial charge in [0.25, 0.3) is 5.91 Å². The third kappa shape index (κ3) is 7.91. The number of carbonyl (C=O) groups is 1. The highest BCUT2D eigenvalue weighted by Crippen LogP contribution is 2.32. The number of amides is 1. The smallest absolute Gasteiger partial charge is 0.260 e. The maximum atomic E-state index is 14.3. The molecule has 0 aliphatic rings. The Morgan fingerprint density at radius 2 is 1.62 bits per heavy atom. The van der Waals surface area contributed by atoms with Crippen LogP contribution in [-0.2, 0) is 10.0 Å². The van der Waals surface area contributed by atoms with Crippen LogP contribution < -0.4 is 4.90 Å². The van der Waals surface area contributed by atoms with E-state index in [9.17, 15) is 22.0 Å². The van der Waals surface area contributed by atoms with Gasteiger partial charge in [-0.1, -0.05) is 11.3 Å². The maximum Gasteiger partial charge on any atom is 0.260 e. The van der Waals surface area contributed by atoms with Crippen molar-refractivity contribution in [3.63, 3.8) is 0 Å². The first kappa shape index (κ1) is 32.0. The van der Waals surface area contributed by atoms with Gasteiger partial charge in [-0.25, -0.2) is 22.2 Å². The quantitative estimate of drug-likeness (QED) is 0.303. The molecule has 3 rings (SSSR count). The van der Waals surface area contributed by atoms with Crippen LogP contribution in [0.4, 0.5) is 13.9 Å². The lowest BCUT2D eigenvalue weighted by Gasteiger charge is -2.22. The summed E-state index contributed by atoms with van der Waals surface area (Å²) in [4.78, 5) is 21.0. The Hall–Kier alpha value is -3.20. The van der Waals surface area contributed by atoms with Crippen LogP contribution in [0.1, 0.15) is 29.6 Å². The van der Waals surface area contributed by atoms with E-state index in [0.717, 1.165) is 27.8 Å². The summed E-state index contributed by atoms with van der Waals surface area (Å²) in [6.45, 7) is 0.790. The van der Waals surface area contributed by atoms with Gasteiger partial charge in [0.05, 0.1) is 21.7 Å². The second-order valence-electron chi connectivity index (χ2n) is 8.59. The minimum Gasteiger partial charge on any atom is -0.309 e. The number of hydrogen-bond acceptors (Lipinski definition) is 8. The first-order valence-electron chi connectivity index (χ1n) is 11.6. The first-order valence-corrected chi connectivity index (χ1v) is 13.9. The predicted molar refractivity (Wildman–Crippen MR) is 147 cm³/mol. The second-order valence-corrected chi connectivity index (χ2v) is 11.5. The van der Waals surface area contributed by atoms with Crippen molar-refractivity contribution in [2.75, 3.05) is 45.2 Å². The molecule has 0 aliphatic heterocycles. The molecule has 1 heterocycles. The van der Waals surface area contributed by atoms with Crippen molar-refractivity contribution in [1.82, 2.24) is 14.2 Å². The van der Waals surface area contributed by atoms with Gasteiger partial charge in [0.2, 0.25) is 10.0 Å². The largest absolute Gasteiger partial charge is 0.309 e. The lowest BCUT2D eigenvalue weighted by atomic mass is 10.2. The molecule has 0 radical (unpaired) electrons. The lowest BCUT2D eigenvalue weighted by Crippen LogP contribution is -2.34. The monoisotopic (exact) mass is 596 g/mol. The number of thiazole rings is 1. The van der Waals surface area contributed by atoms with Crippen molar-refractivity contribution in [3.05, 3.63) is 53.6 Å². The van der Waals surface area contributed by atoms with Gasteiger partial charge in [-0.2, -0.15) is 14.8 Å². The Bertz CT molecular complexity index is 1470. The molecule has 0 spiro atoms. The Kier molecular flexibility index (Phi) is 11.7. The highest BCUT2D eigenvalue weighted by Gasteiger charge is 2.26. The van der Waals surface area contributed by atoms with Gasteiger partial charge in [-0.3, -0.25) is 9.69 Å². The summed E-state index contributed by atoms with van der Waals surface area (Å²) in [6.07, 6.45) is 0.510. The summed E-state index contributed by atoms with van der Waals surface area (Å²) in [7, 11) is -0.224. The number of anilines is 1. The van der Waals surface area contributed by atoms with Gasteiger partial charge >= 0.3 is 0 Å². The van der Waals surface area contributed by atoms with E-state index in [1.807, 2.05) is 31.1 Å². The zero-order valence-electron chi connectivity index (χ0n) is 21.3. The fraction of sp³-hybridized carbons (Fsp3) is 0.360. The number of hydrogen-bond donors (Lipinski definition) is 0. The summed E-state index contributed by atoms with van der Waals surface area (Å²) in [5.41, 5.74) is 0.147. The zero-order chi connectivity index (χ0) is 27.9. The molecule has 0 saturated carbocycles. The number of nitriles is 2. The van der Waals surface area contributed by atoms with Crippen molar-refractivity contribution in [2.24, 2.45) is 0 Å². The van der Waals surface area contributed by atoms with Crippen LogP contribution in [-0.4, -0.2) is 68.8 Å². The summed E-state index contributed by atoms with van der Waals surface area (Å²) in [5, 5.41) is 17.9. The Morgan fingerprint density at radius 1 is 1.00 bits per heavy atom. The summed E-state index contributed by atoms with van der Waals surface area (Å²) < 4.78 is 55.5. The van der Waals surface area contributed by atoms with Gasteiger partial charge in [-0.15, -0.1) is 12.4 Å². The summed E-state index contributed by atoms with van der Waals surface area (Å²) in [6, 6.07) is 11.0. The molecule has 39 heavy (non-hydrogen) atoms. The average molecular weight is 597 g/mol. The van der Waals surface area contributed by atoms with Crippen LogP contribution in [0.3, 0.4) is 0 Å². The van der Waals surface area contributed by atoms with Crippen molar-refractivity contribution >= 4 is 55.0 Å². The number of aromatic nitrogens is 1. The SMILES string of the molecule is CN(C)CCCN(C(=O)c1ccc(S(=O)(=O)N(CCC#N)CCC#N)cc1)c1nc2c(F)cc(F)cc2s1.Cl. The standard InChI is InChI=1S/C25H26F2N6O3S2.ClH/c1-31(2)12-5-15-33(25-30-23-21(27)16-19(26)17-22(23)37-25)24(34)18-6-8-20(9-7-18)38(35,36)32(13-3-10-28)14-4-11-29;/h6-9,16-17H,3-5,12-15H2,1-2H3;1H. The second kappa shape index (κ2) is 14.3. The van der Waals surface area contributed by atoms with Gasteiger partial charge in [0.1, 0.15) is 11.3 Å². The zero-order valence-corrected chi connectivity index (χ0v) is 23.8. The third-order valence-electron chi connectivity index (χ3n) is 5.55. The molecule has 9 nitrogen and oxygen atoms in total. The number of rotatable bonds is 12. The lowest BCUT2D eigenvalue weighted by molar-refractivity contribution is 0.0986. The fourth-order valence-electron chi connectivity index (χ4n) is 3.67. The molecular formula is C25H27ClF2N6O3S2. The van der Waals surface area contributed by atoms with Crippen LogP contribution in [0.5, 0.6) is 0 Å². The van der Waals surface area contributed by atoms with E-state index in [2.05, 4.69) is 4.98 Å². The van der Waals surface area contributed by atoms with E-state index in [-0.39, 0.29) is 70.7 Å². The molecule has 0 N–H and O–H groups in total. The molecule has 0 saturated heterocycles. The van der Waals surface area contributed by atoms with Crippen molar-refractivity contribution in [2.45, 2.75) is 24.2 Å². The number of benzene rings is 2. The molecule has 208 valence electrons. The number of sulfonamides is 1. The molecule has 3 aromatic rings. The summed E-state index contributed by atoms with van der Waals surface area (Å²) in [5.74, 6) is -2.04. The highest BCUT2D eigenvalue weighted by atomic mass is 35.5. The number of nitrogens with zero attached hydrogens (tertiary/aromatic N) is 6. The molecule has 0 atom stereocenters. The van der Waals surface area contributed by atoms with E-state index >= 15 is 0 Å². The predicted octanol–water partition coefficient (Wildman–Crippen LogP) is 4.41. The molecule has 0 aliphatic carbocycles. The normalized spacial score (nSPS) is 11.3. The fourth-order valence-corrected chi connectivity index (χ4v) is 6.14. The summed E-state index contributed by atoms with van der Waals surface area (Å²) >= 11 is 0.987. The molecule has 0 fully saturated rings. The topological polar surface area (TPSA) is 121 Å². The van der Waals surface area contributed by atoms with E-state index in [4.69, 9.17) is 10.5 Å². The van der Waals surface area contributed by atoms with Crippen LogP contribution in [0.25, 0.3) is 10.2 Å². The number of carbonyl (C=O) groups excluding carboxylic acids is 1. The molecule has 14 heteroatoms. The van der Waals surface area contributed by atoms with Crippen LogP contribution in [0, 0.1) is 34.3 Å². The molecular weight excluding hydrogens is 570 g/mol. The minimum absolute atomic E-state index is 0. The first-order chi connectivity index (χ1) is 18.1. The Morgan fingerprint density at radius 3 is 2.18 bits per heavy atom. The molecule has 0 bridgehead atoms. The molecule has 2 aromatic carbocycles. The minimum atomic E-state index is -4.00. The number of halogens is 3. The number of fused-ring (bicyclic) bond motifs is 1. The van der Waals surface area contributed by atoms with Gasteiger partial charge < -0.3 is 4.90 Å². The molecule has 1 aromatic heterocycles. The van der Waals surface area contributed by atoms with Crippen molar-refractivity contribution in [3.8, 4) is 12.1 Å². The van der Waals surface area contributed by atoms with Crippen LogP contribution in [0.15, 0.2) is 41.3 Å². The maximum absolute atomic E-state index is 14.3. The third-order valence-corrected chi connectivity index (χ3v) is 8.49. The molecule has 1 amide bonds. The van der Waals surface area contributed by atoms with Crippen molar-refractivity contribution in [1.29, 1.82) is 10.5 Å². The van der Waals surface area contributed by atoms with Gasteiger partial charge in [0, 0.05) is 44.1 Å². The van der Waals surface area contributed by atoms with Crippen LogP contribution >= 0.6 is 23.7 Å². The van der Waals surface area contributed by atoms with Crippen LogP contribution in [0.2, 0.25) is 0 Å². The Balaban J connectivity index is 0.00000533. The van der Waals surface area contributed by atoms with Gasteiger partial charge in [0.15, 0.2) is 10.9 Å². The van der Waals surface area contributed by atoms with E-state index < -0.39 is 27.6 Å². The van der Waals surface area contributed by atoms with Crippen molar-refractivity contribution < 1.29 is 22.0 Å².